The maximum atomic E-state index is 12.4. The van der Waals surface area contributed by atoms with Crippen LogP contribution in [0, 0.1) is 11.8 Å². The summed E-state index contributed by atoms with van der Waals surface area (Å²) in [5.74, 6) is 0.279. The van der Waals surface area contributed by atoms with Crippen molar-refractivity contribution in [3.63, 3.8) is 0 Å². The van der Waals surface area contributed by atoms with Gasteiger partial charge in [-0.1, -0.05) is 30.4 Å². The van der Waals surface area contributed by atoms with E-state index >= 15 is 0 Å². The molecular weight excluding hydrogens is 310 g/mol. The molecule has 6 nitrogen and oxygen atoms in total. The molecule has 128 valence electrons. The van der Waals surface area contributed by atoms with Crippen LogP contribution in [-0.2, 0) is 14.3 Å². The number of carbonyl (C=O) groups excluding carboxylic acids is 2. The second kappa shape index (κ2) is 7.38. The average Bonchev–Trinajstić information content (AvgIpc) is 2.65. The van der Waals surface area contributed by atoms with E-state index in [-0.39, 0.29) is 30.5 Å². The number of methoxy groups -OCH3 is 1. The minimum absolute atomic E-state index is 0.173. The van der Waals surface area contributed by atoms with Crippen LogP contribution >= 0.6 is 0 Å². The molecule has 1 aliphatic carbocycles. The minimum Gasteiger partial charge on any atom is -0.490 e. The van der Waals surface area contributed by atoms with Gasteiger partial charge in [-0.15, -0.1) is 0 Å². The molecule has 0 aromatic heterocycles. The van der Waals surface area contributed by atoms with Gasteiger partial charge in [-0.3, -0.25) is 4.79 Å². The Hall–Kier alpha value is -2.50. The van der Waals surface area contributed by atoms with E-state index in [4.69, 9.17) is 14.2 Å². The van der Waals surface area contributed by atoms with Gasteiger partial charge < -0.3 is 19.1 Å². The normalized spacial score (nSPS) is 24.5. The highest BCUT2D eigenvalue weighted by Gasteiger charge is 2.44. The van der Waals surface area contributed by atoms with Gasteiger partial charge in [-0.25, -0.2) is 4.79 Å². The highest BCUT2D eigenvalue weighted by Crippen LogP contribution is 2.35. The van der Waals surface area contributed by atoms with Crippen molar-refractivity contribution >= 4 is 12.1 Å². The van der Waals surface area contributed by atoms with Crippen molar-refractivity contribution in [2.24, 2.45) is 11.8 Å². The topological polar surface area (TPSA) is 65.1 Å². The smallest absolute Gasteiger partial charge is 0.410 e. The first kappa shape index (κ1) is 16.4. The summed E-state index contributed by atoms with van der Waals surface area (Å²) in [7, 11) is 1.35. The van der Waals surface area contributed by atoms with Crippen LogP contribution in [0.1, 0.15) is 6.42 Å². The molecule has 24 heavy (non-hydrogen) atoms. The largest absolute Gasteiger partial charge is 0.490 e. The third kappa shape index (κ3) is 3.53. The van der Waals surface area contributed by atoms with Crippen LogP contribution in [0.4, 0.5) is 4.79 Å². The monoisotopic (exact) mass is 331 g/mol. The van der Waals surface area contributed by atoms with Gasteiger partial charge in [-0.2, -0.15) is 0 Å². The molecular formula is C18H21NO5. The van der Waals surface area contributed by atoms with Crippen LogP contribution in [0.5, 0.6) is 5.75 Å². The van der Waals surface area contributed by atoms with Gasteiger partial charge in [0.05, 0.1) is 19.1 Å². The molecule has 0 radical (unpaired) electrons. The number of ether oxygens (including phenoxy) is 3. The molecule has 2 bridgehead atoms. The maximum absolute atomic E-state index is 12.4. The number of amides is 1. The van der Waals surface area contributed by atoms with Gasteiger partial charge in [0.2, 0.25) is 0 Å². The summed E-state index contributed by atoms with van der Waals surface area (Å²) >= 11 is 0. The third-order valence-electron chi connectivity index (χ3n) is 4.39. The average molecular weight is 331 g/mol. The highest BCUT2D eigenvalue weighted by molar-refractivity contribution is 5.77. The molecule has 6 heteroatoms. The molecule has 1 fully saturated rings. The van der Waals surface area contributed by atoms with Crippen LogP contribution in [0.15, 0.2) is 42.5 Å². The third-order valence-corrected chi connectivity index (χ3v) is 4.39. The van der Waals surface area contributed by atoms with E-state index in [0.717, 1.165) is 5.75 Å². The van der Waals surface area contributed by atoms with Crippen molar-refractivity contribution in [3.8, 4) is 5.75 Å². The van der Waals surface area contributed by atoms with Gasteiger partial charge in [0, 0.05) is 6.54 Å². The van der Waals surface area contributed by atoms with Gasteiger partial charge >= 0.3 is 12.1 Å². The lowest BCUT2D eigenvalue weighted by Gasteiger charge is -2.44. The van der Waals surface area contributed by atoms with Gasteiger partial charge in [0.15, 0.2) is 0 Å². The first-order valence-electron chi connectivity index (χ1n) is 8.06. The summed E-state index contributed by atoms with van der Waals surface area (Å²) in [5.41, 5.74) is 0. The number of para-hydroxylation sites is 1. The predicted molar refractivity (Wildman–Crippen MR) is 86.5 cm³/mol. The van der Waals surface area contributed by atoms with E-state index in [2.05, 4.69) is 6.08 Å². The van der Waals surface area contributed by atoms with Crippen LogP contribution in [0.2, 0.25) is 0 Å². The summed E-state index contributed by atoms with van der Waals surface area (Å²) in [6, 6.07) is 9.08. The lowest BCUT2D eigenvalue weighted by molar-refractivity contribution is -0.153. The number of hydrogen-bond donors (Lipinski definition) is 0. The summed E-state index contributed by atoms with van der Waals surface area (Å²) in [6.45, 7) is 1.07. The molecule has 1 aromatic rings. The molecule has 3 atom stereocenters. The Morgan fingerprint density at radius 1 is 1.17 bits per heavy atom. The molecule has 0 N–H and O–H groups in total. The zero-order chi connectivity index (χ0) is 16.9. The number of rotatable bonds is 5. The maximum Gasteiger partial charge on any atom is 0.410 e. The lowest BCUT2D eigenvalue weighted by Crippen LogP contribution is -2.55. The first-order chi connectivity index (χ1) is 11.7. The second-order valence-electron chi connectivity index (χ2n) is 5.93. The molecule has 4 rings (SSSR count). The van der Waals surface area contributed by atoms with E-state index < -0.39 is 6.09 Å². The molecule has 2 heterocycles. The Bertz CT molecular complexity index is 615. The van der Waals surface area contributed by atoms with Crippen molar-refractivity contribution in [3.05, 3.63) is 42.5 Å². The molecule has 0 unspecified atom stereocenters. The summed E-state index contributed by atoms with van der Waals surface area (Å²) in [4.78, 5) is 25.8. The fourth-order valence-corrected chi connectivity index (χ4v) is 3.25. The fourth-order valence-electron chi connectivity index (χ4n) is 3.25. The molecule has 1 aromatic carbocycles. The highest BCUT2D eigenvalue weighted by atomic mass is 16.6. The Morgan fingerprint density at radius 2 is 1.96 bits per heavy atom. The van der Waals surface area contributed by atoms with Crippen molar-refractivity contribution in [1.82, 2.24) is 4.90 Å². The number of esters is 1. The Kier molecular flexibility index (Phi) is 5.03. The molecule has 0 saturated carbocycles. The number of hydrogen-bond acceptors (Lipinski definition) is 5. The predicted octanol–water partition coefficient (Wildman–Crippen LogP) is 2.25. The summed E-state index contributed by atoms with van der Waals surface area (Å²) in [5, 5.41) is 0. The molecule has 2 aliphatic heterocycles. The molecule has 3 aliphatic rings. The standard InChI is InChI=1S/C18H21NO5/c1-22-18(21)19-12-13-7-8-16(19)15(11-13)17(20)24-10-9-23-14-5-3-2-4-6-14/h2-8,13,15-16H,9-12H2,1H3/t13-,15+,16+/m0/s1. The van der Waals surface area contributed by atoms with E-state index in [1.54, 1.807) is 4.90 Å². The molecule has 1 amide bonds. The minimum atomic E-state index is -0.403. The van der Waals surface area contributed by atoms with Gasteiger partial charge in [0.1, 0.15) is 19.0 Å². The Labute approximate surface area is 141 Å². The van der Waals surface area contributed by atoms with Crippen molar-refractivity contribution in [1.29, 1.82) is 0 Å². The molecule has 0 spiro atoms. The zero-order valence-corrected chi connectivity index (χ0v) is 13.6. The number of benzene rings is 1. The number of carbonyl (C=O) groups is 2. The van der Waals surface area contributed by atoms with Crippen LogP contribution in [0.3, 0.4) is 0 Å². The quantitative estimate of drug-likeness (QED) is 0.470. The van der Waals surface area contributed by atoms with Crippen LogP contribution in [0.25, 0.3) is 0 Å². The number of piperidine rings is 1. The summed E-state index contributed by atoms with van der Waals surface area (Å²) in [6.07, 6.45) is 4.26. The first-order valence-corrected chi connectivity index (χ1v) is 8.06. The number of fused-ring (bicyclic) bond motifs is 2. The van der Waals surface area contributed by atoms with Crippen molar-refractivity contribution in [2.75, 3.05) is 26.9 Å². The summed E-state index contributed by atoms with van der Waals surface area (Å²) < 4.78 is 15.6. The van der Waals surface area contributed by atoms with Crippen LogP contribution < -0.4 is 4.74 Å². The number of nitrogens with zero attached hydrogens (tertiary/aromatic N) is 1. The van der Waals surface area contributed by atoms with E-state index in [0.29, 0.717) is 19.6 Å². The second-order valence-corrected chi connectivity index (χ2v) is 5.93. The van der Waals surface area contributed by atoms with Gasteiger partial charge in [0.25, 0.3) is 0 Å². The lowest BCUT2D eigenvalue weighted by atomic mass is 9.78. The van der Waals surface area contributed by atoms with E-state index in [1.807, 2.05) is 36.4 Å². The van der Waals surface area contributed by atoms with Crippen molar-refractivity contribution < 1.29 is 23.8 Å². The van der Waals surface area contributed by atoms with Crippen LogP contribution in [-0.4, -0.2) is 49.9 Å². The Morgan fingerprint density at radius 3 is 2.67 bits per heavy atom. The van der Waals surface area contributed by atoms with E-state index in [1.165, 1.54) is 7.11 Å². The van der Waals surface area contributed by atoms with E-state index in [9.17, 15) is 9.59 Å². The van der Waals surface area contributed by atoms with Crippen molar-refractivity contribution in [2.45, 2.75) is 12.5 Å². The fraction of sp³-hybridized carbons (Fsp3) is 0.444. The van der Waals surface area contributed by atoms with Gasteiger partial charge in [-0.05, 0) is 24.5 Å². The molecule has 1 saturated heterocycles. The Balaban J connectivity index is 1.50. The zero-order valence-electron chi connectivity index (χ0n) is 13.6. The SMILES string of the molecule is COC(=O)N1C[C@H]2C=C[C@@H]1[C@H](C(=O)OCCOc1ccccc1)C2.